The molecule has 0 saturated carbocycles. The molecule has 0 saturated heterocycles. The highest BCUT2D eigenvalue weighted by Gasteiger charge is 2.33. The minimum Gasteiger partial charge on any atom is -0.481 e. The third-order valence-corrected chi connectivity index (χ3v) is 3.31. The number of pyridine rings is 1. The zero-order chi connectivity index (χ0) is 15.9. The second-order valence-electron chi connectivity index (χ2n) is 5.33. The minimum atomic E-state index is -0.807. The first-order valence-corrected chi connectivity index (χ1v) is 7.42. The van der Waals surface area contributed by atoms with Gasteiger partial charge >= 0.3 is 0 Å². The van der Waals surface area contributed by atoms with Crippen LogP contribution < -0.4 is 10.1 Å². The van der Waals surface area contributed by atoms with Crippen LogP contribution in [-0.2, 0) is 9.53 Å². The van der Waals surface area contributed by atoms with Gasteiger partial charge in [-0.3, -0.25) is 4.79 Å². The first kappa shape index (κ1) is 17.4. The monoisotopic (exact) mass is 294 g/mol. The fourth-order valence-electron chi connectivity index (χ4n) is 2.16. The maximum absolute atomic E-state index is 12.5. The molecule has 1 atom stereocenters. The van der Waals surface area contributed by atoms with Crippen LogP contribution in [0.2, 0.25) is 0 Å². The van der Waals surface area contributed by atoms with Crippen LogP contribution in [0, 0.1) is 6.92 Å². The average molecular weight is 294 g/mol. The van der Waals surface area contributed by atoms with Crippen molar-refractivity contribution in [3.8, 4) is 5.88 Å². The van der Waals surface area contributed by atoms with Crippen LogP contribution in [0.5, 0.6) is 5.88 Å². The van der Waals surface area contributed by atoms with E-state index in [4.69, 9.17) is 9.47 Å². The number of ether oxygens (including phenoxy) is 2. The van der Waals surface area contributed by atoms with E-state index in [0.29, 0.717) is 24.6 Å². The lowest BCUT2D eigenvalue weighted by Gasteiger charge is -2.28. The molecule has 21 heavy (non-hydrogen) atoms. The number of rotatable bonds is 8. The Morgan fingerprint density at radius 3 is 2.62 bits per heavy atom. The molecule has 1 aromatic heterocycles. The normalized spacial score (nSPS) is 13.6. The van der Waals surface area contributed by atoms with Crippen LogP contribution in [0.3, 0.4) is 0 Å². The Morgan fingerprint density at radius 1 is 1.38 bits per heavy atom. The van der Waals surface area contributed by atoms with Crippen LogP contribution in [0.1, 0.15) is 45.6 Å². The Bertz CT molecular complexity index is 477. The molecular weight excluding hydrogens is 268 g/mol. The van der Waals surface area contributed by atoms with Crippen molar-refractivity contribution in [2.45, 2.75) is 52.6 Å². The van der Waals surface area contributed by atoms with Crippen molar-refractivity contribution < 1.29 is 14.3 Å². The smallest absolute Gasteiger partial charge is 0.256 e. The maximum atomic E-state index is 12.5. The number of anilines is 1. The van der Waals surface area contributed by atoms with Crippen molar-refractivity contribution in [3.05, 3.63) is 17.8 Å². The average Bonchev–Trinajstić information content (AvgIpc) is 2.45. The number of hydrogen-bond acceptors (Lipinski definition) is 4. The third-order valence-electron chi connectivity index (χ3n) is 3.31. The van der Waals surface area contributed by atoms with Gasteiger partial charge in [0.05, 0.1) is 19.0 Å². The lowest BCUT2D eigenvalue weighted by molar-refractivity contribution is -0.140. The Balaban J connectivity index is 2.83. The van der Waals surface area contributed by atoms with Crippen LogP contribution in [0.4, 0.5) is 5.69 Å². The topological polar surface area (TPSA) is 60.5 Å². The van der Waals surface area contributed by atoms with E-state index >= 15 is 0 Å². The summed E-state index contributed by atoms with van der Waals surface area (Å²) in [5, 5.41) is 2.89. The number of hydrogen-bond donors (Lipinski definition) is 1. The highest BCUT2D eigenvalue weighted by atomic mass is 16.5. The lowest BCUT2D eigenvalue weighted by Crippen LogP contribution is -2.43. The molecule has 0 aliphatic carbocycles. The Labute approximate surface area is 127 Å². The third kappa shape index (κ3) is 4.70. The maximum Gasteiger partial charge on any atom is 0.256 e. The van der Waals surface area contributed by atoms with Gasteiger partial charge in [0.2, 0.25) is 5.88 Å². The van der Waals surface area contributed by atoms with E-state index in [1.54, 1.807) is 13.3 Å². The molecule has 5 heteroatoms. The van der Waals surface area contributed by atoms with Crippen molar-refractivity contribution >= 4 is 11.6 Å². The van der Waals surface area contributed by atoms with E-state index in [0.717, 1.165) is 18.4 Å². The second kappa shape index (κ2) is 7.98. The number of aryl methyl sites for hydroxylation is 1. The molecule has 0 bridgehead atoms. The number of carbonyl (C=O) groups excluding carboxylic acids is 1. The molecule has 0 aliphatic rings. The predicted octanol–water partition coefficient (Wildman–Crippen LogP) is 3.32. The quantitative estimate of drug-likeness (QED) is 0.799. The first-order valence-electron chi connectivity index (χ1n) is 7.42. The van der Waals surface area contributed by atoms with E-state index in [1.807, 2.05) is 33.8 Å². The molecule has 0 radical (unpaired) electrons. The van der Waals surface area contributed by atoms with E-state index in [9.17, 15) is 4.79 Å². The summed E-state index contributed by atoms with van der Waals surface area (Å²) in [6.07, 6.45) is 4.04. The van der Waals surface area contributed by atoms with Crippen molar-refractivity contribution in [2.24, 2.45) is 0 Å². The molecule has 118 valence electrons. The standard InChI is InChI=1S/C16H26N2O3/c1-6-8-16(4,21-9-7-2)15(19)18-13-10-12(3)14(20-5)17-11-13/h10-11H,6-9H2,1-5H3,(H,18,19)/t16-/m1/s1. The van der Waals surface area contributed by atoms with E-state index in [2.05, 4.69) is 10.3 Å². The zero-order valence-corrected chi connectivity index (χ0v) is 13.7. The Hall–Kier alpha value is -1.62. The first-order chi connectivity index (χ1) is 9.96. The van der Waals surface area contributed by atoms with Gasteiger partial charge < -0.3 is 14.8 Å². The summed E-state index contributed by atoms with van der Waals surface area (Å²) in [5.41, 5.74) is 0.723. The van der Waals surface area contributed by atoms with Crippen LogP contribution in [0.25, 0.3) is 0 Å². The summed E-state index contributed by atoms with van der Waals surface area (Å²) in [6, 6.07) is 1.84. The summed E-state index contributed by atoms with van der Waals surface area (Å²) >= 11 is 0. The van der Waals surface area contributed by atoms with Crippen molar-refractivity contribution in [2.75, 3.05) is 19.0 Å². The number of nitrogens with zero attached hydrogens (tertiary/aromatic N) is 1. The molecule has 5 nitrogen and oxygen atoms in total. The number of nitrogens with one attached hydrogen (secondary N) is 1. The van der Waals surface area contributed by atoms with E-state index < -0.39 is 5.60 Å². The number of amides is 1. The van der Waals surface area contributed by atoms with E-state index in [-0.39, 0.29) is 5.91 Å². The van der Waals surface area contributed by atoms with Gasteiger partial charge in [-0.2, -0.15) is 0 Å². The van der Waals surface area contributed by atoms with Gasteiger partial charge in [0.25, 0.3) is 5.91 Å². The van der Waals surface area contributed by atoms with Crippen molar-refractivity contribution in [3.63, 3.8) is 0 Å². The Morgan fingerprint density at radius 2 is 2.10 bits per heavy atom. The van der Waals surface area contributed by atoms with Gasteiger partial charge in [-0.25, -0.2) is 4.98 Å². The largest absolute Gasteiger partial charge is 0.481 e. The molecule has 0 fully saturated rings. The molecular formula is C16H26N2O3. The second-order valence-corrected chi connectivity index (χ2v) is 5.33. The van der Waals surface area contributed by atoms with Gasteiger partial charge in [0.15, 0.2) is 0 Å². The Kier molecular flexibility index (Phi) is 6.62. The van der Waals surface area contributed by atoms with Crippen molar-refractivity contribution in [1.29, 1.82) is 0 Å². The molecule has 1 rings (SSSR count). The molecule has 1 amide bonds. The summed E-state index contributed by atoms with van der Waals surface area (Å²) in [5.74, 6) is 0.427. The van der Waals surface area contributed by atoms with Gasteiger partial charge in [0.1, 0.15) is 5.60 Å². The minimum absolute atomic E-state index is 0.135. The van der Waals surface area contributed by atoms with E-state index in [1.165, 1.54) is 0 Å². The van der Waals surface area contributed by atoms with Crippen LogP contribution >= 0.6 is 0 Å². The summed E-state index contributed by atoms with van der Waals surface area (Å²) < 4.78 is 10.9. The fourth-order valence-corrected chi connectivity index (χ4v) is 2.16. The zero-order valence-electron chi connectivity index (χ0n) is 13.7. The molecule has 1 N–H and O–H groups in total. The molecule has 0 aliphatic heterocycles. The SMILES string of the molecule is CCCO[C@](C)(CCC)C(=O)Nc1cnc(OC)c(C)c1. The number of methoxy groups -OCH3 is 1. The lowest BCUT2D eigenvalue weighted by atomic mass is 9.99. The predicted molar refractivity (Wildman–Crippen MR) is 83.7 cm³/mol. The number of aromatic nitrogens is 1. The fraction of sp³-hybridized carbons (Fsp3) is 0.625. The summed E-state index contributed by atoms with van der Waals surface area (Å²) in [7, 11) is 1.57. The van der Waals surface area contributed by atoms with Gasteiger partial charge in [0, 0.05) is 12.2 Å². The molecule has 0 aromatic carbocycles. The van der Waals surface area contributed by atoms with Crippen LogP contribution in [0.15, 0.2) is 12.3 Å². The van der Waals surface area contributed by atoms with Gasteiger partial charge in [-0.05, 0) is 32.8 Å². The highest BCUT2D eigenvalue weighted by Crippen LogP contribution is 2.23. The van der Waals surface area contributed by atoms with Crippen molar-refractivity contribution in [1.82, 2.24) is 4.98 Å². The van der Waals surface area contributed by atoms with Gasteiger partial charge in [-0.15, -0.1) is 0 Å². The molecule has 0 spiro atoms. The van der Waals surface area contributed by atoms with Crippen LogP contribution in [-0.4, -0.2) is 30.2 Å². The summed E-state index contributed by atoms with van der Waals surface area (Å²) in [6.45, 7) is 8.37. The molecule has 1 heterocycles. The number of carbonyl (C=O) groups is 1. The highest BCUT2D eigenvalue weighted by molar-refractivity contribution is 5.97. The van der Waals surface area contributed by atoms with Gasteiger partial charge in [-0.1, -0.05) is 20.3 Å². The summed E-state index contributed by atoms with van der Waals surface area (Å²) in [4.78, 5) is 16.7. The molecule has 1 aromatic rings. The molecule has 0 unspecified atom stereocenters.